The van der Waals surface area contributed by atoms with Crippen molar-refractivity contribution in [3.05, 3.63) is 71.1 Å². The van der Waals surface area contributed by atoms with Crippen molar-refractivity contribution in [1.82, 2.24) is 10.1 Å². The van der Waals surface area contributed by atoms with Gasteiger partial charge >= 0.3 is 12.1 Å². The number of carbonyl (C=O) groups excluding carboxylic acids is 1. The van der Waals surface area contributed by atoms with Crippen LogP contribution in [0.3, 0.4) is 0 Å². The van der Waals surface area contributed by atoms with Gasteiger partial charge in [0.05, 0.1) is 11.1 Å². The topological polar surface area (TPSA) is 65.2 Å². The van der Waals surface area contributed by atoms with Crippen LogP contribution < -0.4 is 0 Å². The molecule has 0 N–H and O–H groups in total. The van der Waals surface area contributed by atoms with Gasteiger partial charge in [0.15, 0.2) is 6.61 Å². The molecule has 1 aromatic heterocycles. The molecule has 3 rings (SSSR count). The Labute approximate surface area is 148 Å². The Balaban J connectivity index is 1.70. The van der Waals surface area contributed by atoms with E-state index in [2.05, 4.69) is 10.1 Å². The Kier molecular flexibility index (Phi) is 4.89. The van der Waals surface area contributed by atoms with E-state index < -0.39 is 36.0 Å². The van der Waals surface area contributed by atoms with Gasteiger partial charge in [-0.05, 0) is 24.3 Å². The highest BCUT2D eigenvalue weighted by atomic mass is 19.4. The number of alkyl halides is 3. The van der Waals surface area contributed by atoms with E-state index in [1.165, 1.54) is 12.1 Å². The van der Waals surface area contributed by atoms with Crippen molar-refractivity contribution in [2.75, 3.05) is 0 Å². The van der Waals surface area contributed by atoms with Crippen LogP contribution in [0.25, 0.3) is 11.4 Å². The molecule has 0 bridgehead atoms. The molecule has 0 fully saturated rings. The van der Waals surface area contributed by atoms with E-state index in [0.29, 0.717) is 6.07 Å². The Hall–Kier alpha value is -3.30. The average Bonchev–Trinajstić information content (AvgIpc) is 3.07. The van der Waals surface area contributed by atoms with Gasteiger partial charge < -0.3 is 9.26 Å². The lowest BCUT2D eigenvalue weighted by Gasteiger charge is -2.06. The third-order valence-electron chi connectivity index (χ3n) is 3.34. The molecular formula is C17H9F5N2O3. The molecule has 2 aromatic carbocycles. The third kappa shape index (κ3) is 4.46. The number of hydrogen-bond acceptors (Lipinski definition) is 5. The number of esters is 1. The van der Waals surface area contributed by atoms with Crippen molar-refractivity contribution in [2.24, 2.45) is 0 Å². The maximum absolute atomic E-state index is 13.1. The van der Waals surface area contributed by atoms with Gasteiger partial charge in [-0.2, -0.15) is 18.2 Å². The maximum Gasteiger partial charge on any atom is 0.416 e. The number of hydrogen-bond donors (Lipinski definition) is 0. The lowest BCUT2D eigenvalue weighted by Crippen LogP contribution is -2.06. The van der Waals surface area contributed by atoms with E-state index in [4.69, 9.17) is 9.26 Å². The molecule has 0 aliphatic heterocycles. The highest BCUT2D eigenvalue weighted by Crippen LogP contribution is 2.31. The fraction of sp³-hybridized carbons (Fsp3) is 0.118. The van der Waals surface area contributed by atoms with Crippen LogP contribution in [0.2, 0.25) is 0 Å². The summed E-state index contributed by atoms with van der Waals surface area (Å²) in [5, 5.41) is 3.52. The minimum atomic E-state index is -4.53. The molecule has 0 unspecified atom stereocenters. The molecule has 140 valence electrons. The van der Waals surface area contributed by atoms with Gasteiger partial charge in [0, 0.05) is 11.6 Å². The number of carbonyl (C=O) groups is 1. The first-order chi connectivity index (χ1) is 12.7. The molecule has 3 aromatic rings. The van der Waals surface area contributed by atoms with Crippen LogP contribution >= 0.6 is 0 Å². The van der Waals surface area contributed by atoms with Gasteiger partial charge in [-0.15, -0.1) is 0 Å². The minimum Gasteiger partial charge on any atom is -0.452 e. The fourth-order valence-electron chi connectivity index (χ4n) is 2.15. The van der Waals surface area contributed by atoms with Crippen LogP contribution in [0.4, 0.5) is 22.0 Å². The van der Waals surface area contributed by atoms with Crippen LogP contribution in [-0.4, -0.2) is 16.1 Å². The zero-order chi connectivity index (χ0) is 19.6. The predicted octanol–water partition coefficient (Wildman–Crippen LogP) is 4.39. The summed E-state index contributed by atoms with van der Waals surface area (Å²) in [6.07, 6.45) is -4.53. The number of benzene rings is 2. The summed E-state index contributed by atoms with van der Waals surface area (Å²) in [5.41, 5.74) is -1.19. The smallest absolute Gasteiger partial charge is 0.416 e. The van der Waals surface area contributed by atoms with Crippen LogP contribution in [0, 0.1) is 11.6 Å². The highest BCUT2D eigenvalue weighted by Gasteiger charge is 2.30. The second kappa shape index (κ2) is 7.14. The molecule has 0 amide bonds. The van der Waals surface area contributed by atoms with E-state index in [-0.39, 0.29) is 22.8 Å². The molecule has 0 aliphatic rings. The van der Waals surface area contributed by atoms with Gasteiger partial charge in [-0.3, -0.25) is 0 Å². The molecule has 0 saturated heterocycles. The molecule has 1 heterocycles. The molecule has 0 radical (unpaired) electrons. The van der Waals surface area contributed by atoms with Crippen molar-refractivity contribution in [2.45, 2.75) is 12.8 Å². The summed E-state index contributed by atoms with van der Waals surface area (Å²) in [4.78, 5) is 15.6. The normalized spacial score (nSPS) is 11.4. The van der Waals surface area contributed by atoms with E-state index in [1.807, 2.05) is 0 Å². The largest absolute Gasteiger partial charge is 0.452 e. The van der Waals surface area contributed by atoms with E-state index >= 15 is 0 Å². The number of aromatic nitrogens is 2. The summed E-state index contributed by atoms with van der Waals surface area (Å²) >= 11 is 0. The van der Waals surface area contributed by atoms with E-state index in [9.17, 15) is 26.7 Å². The van der Waals surface area contributed by atoms with Gasteiger partial charge in [0.25, 0.3) is 5.89 Å². The van der Waals surface area contributed by atoms with Crippen molar-refractivity contribution in [3.63, 3.8) is 0 Å². The molecule has 5 nitrogen and oxygen atoms in total. The van der Waals surface area contributed by atoms with Gasteiger partial charge in [-0.1, -0.05) is 17.3 Å². The zero-order valence-corrected chi connectivity index (χ0v) is 13.3. The number of ether oxygens (including phenoxy) is 1. The van der Waals surface area contributed by atoms with Gasteiger partial charge in [0.1, 0.15) is 11.6 Å². The molecule has 10 heteroatoms. The molecular weight excluding hydrogens is 375 g/mol. The maximum atomic E-state index is 13.1. The molecule has 0 atom stereocenters. The van der Waals surface area contributed by atoms with Crippen LogP contribution in [0.15, 0.2) is 47.0 Å². The first-order valence-corrected chi connectivity index (χ1v) is 7.36. The molecule has 27 heavy (non-hydrogen) atoms. The lowest BCUT2D eigenvalue weighted by molar-refractivity contribution is -0.137. The van der Waals surface area contributed by atoms with Crippen LogP contribution in [-0.2, 0) is 17.5 Å². The summed E-state index contributed by atoms with van der Waals surface area (Å²) < 4.78 is 74.0. The van der Waals surface area contributed by atoms with E-state index in [1.54, 1.807) is 0 Å². The Morgan fingerprint density at radius 3 is 2.44 bits per heavy atom. The number of nitrogens with zero attached hydrogens (tertiary/aromatic N) is 2. The first-order valence-electron chi connectivity index (χ1n) is 7.36. The number of rotatable bonds is 4. The summed E-state index contributed by atoms with van der Waals surface area (Å²) in [7, 11) is 0. The standard InChI is InChI=1S/C17H9F5N2O3/c18-12-5-10(6-13(19)7-12)16(25)26-8-14-23-15(24-27-14)9-2-1-3-11(4-9)17(20,21)22/h1-7H,8H2. The second-order valence-electron chi connectivity index (χ2n) is 5.32. The number of halogens is 5. The summed E-state index contributed by atoms with van der Waals surface area (Å²) in [5.74, 6) is -3.28. The quantitative estimate of drug-likeness (QED) is 0.493. The second-order valence-corrected chi connectivity index (χ2v) is 5.32. The van der Waals surface area contributed by atoms with Gasteiger partial charge in [0.2, 0.25) is 5.82 Å². The minimum absolute atomic E-state index is 0.0540. The van der Waals surface area contributed by atoms with Crippen molar-refractivity contribution < 1.29 is 36.0 Å². The Bertz CT molecular complexity index is 964. The Morgan fingerprint density at radius 1 is 1.07 bits per heavy atom. The zero-order valence-electron chi connectivity index (χ0n) is 13.3. The van der Waals surface area contributed by atoms with Crippen molar-refractivity contribution >= 4 is 5.97 Å². The average molecular weight is 384 g/mol. The van der Waals surface area contributed by atoms with E-state index in [0.717, 1.165) is 24.3 Å². The van der Waals surface area contributed by atoms with Crippen LogP contribution in [0.1, 0.15) is 21.8 Å². The predicted molar refractivity (Wildman–Crippen MR) is 80.2 cm³/mol. The third-order valence-corrected chi connectivity index (χ3v) is 3.34. The molecule has 0 spiro atoms. The van der Waals surface area contributed by atoms with Crippen LogP contribution in [0.5, 0.6) is 0 Å². The fourth-order valence-corrected chi connectivity index (χ4v) is 2.15. The lowest BCUT2D eigenvalue weighted by atomic mass is 10.1. The van der Waals surface area contributed by atoms with Gasteiger partial charge in [-0.25, -0.2) is 13.6 Å². The molecule has 0 aliphatic carbocycles. The Morgan fingerprint density at radius 2 is 1.78 bits per heavy atom. The van der Waals surface area contributed by atoms with Crippen molar-refractivity contribution in [3.8, 4) is 11.4 Å². The highest BCUT2D eigenvalue weighted by molar-refractivity contribution is 5.89. The first kappa shape index (κ1) is 18.5. The summed E-state index contributed by atoms with van der Waals surface area (Å²) in [6.45, 7) is -0.525. The molecule has 0 saturated carbocycles. The SMILES string of the molecule is O=C(OCc1nc(-c2cccc(C(F)(F)F)c2)no1)c1cc(F)cc(F)c1. The summed E-state index contributed by atoms with van der Waals surface area (Å²) in [6, 6.07) is 6.44. The van der Waals surface area contributed by atoms with Crippen molar-refractivity contribution in [1.29, 1.82) is 0 Å². The monoisotopic (exact) mass is 384 g/mol.